The molecule has 0 bridgehead atoms. The first kappa shape index (κ1) is 15.6. The average Bonchev–Trinajstić information content (AvgIpc) is 3.29. The number of allylic oxidation sites excluding steroid dienone is 8. The highest BCUT2D eigenvalue weighted by Crippen LogP contribution is 2.48. The Morgan fingerprint density at radius 3 is 2.45 bits per heavy atom. The van der Waals surface area contributed by atoms with Crippen molar-refractivity contribution in [2.75, 3.05) is 0 Å². The van der Waals surface area contributed by atoms with Crippen LogP contribution in [-0.4, -0.2) is 0 Å². The Hall–Kier alpha value is -1.30. The summed E-state index contributed by atoms with van der Waals surface area (Å²) in [5.74, 6) is 3.39. The summed E-state index contributed by atoms with van der Waals surface area (Å²) >= 11 is 0. The Morgan fingerprint density at radius 1 is 1.14 bits per heavy atom. The highest BCUT2D eigenvalue weighted by atomic mass is 14.4. The van der Waals surface area contributed by atoms with Crippen LogP contribution in [0.25, 0.3) is 0 Å². The third-order valence-corrected chi connectivity index (χ3v) is 6.40. The molecule has 3 aliphatic carbocycles. The molecule has 3 aliphatic rings. The van der Waals surface area contributed by atoms with Crippen LogP contribution in [0.5, 0.6) is 0 Å². The highest BCUT2D eigenvalue weighted by molar-refractivity contribution is 5.44. The van der Waals surface area contributed by atoms with Gasteiger partial charge in [0.25, 0.3) is 0 Å². The lowest BCUT2D eigenvalue weighted by Crippen LogP contribution is -2.13. The fourth-order valence-corrected chi connectivity index (χ4v) is 4.37. The minimum Gasteiger partial charge on any atom is -0.103 e. The van der Waals surface area contributed by atoms with Crippen molar-refractivity contribution in [1.82, 2.24) is 0 Å². The first-order valence-corrected chi connectivity index (χ1v) is 8.93. The van der Waals surface area contributed by atoms with Gasteiger partial charge >= 0.3 is 0 Å². The monoisotopic (exact) mass is 294 g/mol. The molecule has 0 aliphatic heterocycles. The fourth-order valence-electron chi connectivity index (χ4n) is 4.37. The van der Waals surface area contributed by atoms with E-state index < -0.39 is 0 Å². The van der Waals surface area contributed by atoms with E-state index in [1.807, 2.05) is 0 Å². The lowest BCUT2D eigenvalue weighted by atomic mass is 9.80. The molecule has 0 heteroatoms. The predicted octanol–water partition coefficient (Wildman–Crippen LogP) is 6.25. The minimum atomic E-state index is 0.480. The molecule has 3 unspecified atom stereocenters. The second-order valence-electron chi connectivity index (χ2n) is 7.64. The quantitative estimate of drug-likeness (QED) is 0.528. The van der Waals surface area contributed by atoms with Crippen molar-refractivity contribution in [2.45, 2.75) is 46.5 Å². The van der Waals surface area contributed by atoms with Gasteiger partial charge in [-0.05, 0) is 60.5 Å². The second kappa shape index (κ2) is 6.07. The Morgan fingerprint density at radius 2 is 1.86 bits per heavy atom. The first-order chi connectivity index (χ1) is 10.5. The minimum absolute atomic E-state index is 0.480. The predicted molar refractivity (Wildman–Crippen MR) is 96.5 cm³/mol. The van der Waals surface area contributed by atoms with Crippen LogP contribution in [0.1, 0.15) is 46.5 Å². The molecule has 118 valence electrons. The molecule has 0 saturated heterocycles. The van der Waals surface area contributed by atoms with Gasteiger partial charge in [-0.15, -0.1) is 6.58 Å². The van der Waals surface area contributed by atoms with Gasteiger partial charge < -0.3 is 0 Å². The molecule has 5 atom stereocenters. The molecule has 0 spiro atoms. The van der Waals surface area contributed by atoms with Crippen LogP contribution < -0.4 is 0 Å². The Balaban J connectivity index is 1.94. The van der Waals surface area contributed by atoms with Gasteiger partial charge in [-0.2, -0.15) is 0 Å². The topological polar surface area (TPSA) is 0 Å². The van der Waals surface area contributed by atoms with Gasteiger partial charge in [0, 0.05) is 5.92 Å². The largest absolute Gasteiger partial charge is 0.103 e. The smallest absolute Gasteiger partial charge is 0.00545 e. The van der Waals surface area contributed by atoms with Crippen LogP contribution in [0.4, 0.5) is 0 Å². The van der Waals surface area contributed by atoms with E-state index in [9.17, 15) is 0 Å². The molecule has 0 aromatic carbocycles. The maximum atomic E-state index is 4.27. The molecule has 22 heavy (non-hydrogen) atoms. The van der Waals surface area contributed by atoms with Gasteiger partial charge in [-0.25, -0.2) is 0 Å². The maximum Gasteiger partial charge on any atom is 0.00545 e. The van der Waals surface area contributed by atoms with Gasteiger partial charge in [0.2, 0.25) is 0 Å². The van der Waals surface area contributed by atoms with E-state index >= 15 is 0 Å². The zero-order valence-corrected chi connectivity index (χ0v) is 14.4. The molecule has 2 fully saturated rings. The van der Waals surface area contributed by atoms with E-state index in [1.54, 1.807) is 16.7 Å². The molecule has 0 aromatic rings. The van der Waals surface area contributed by atoms with E-state index in [0.29, 0.717) is 11.8 Å². The lowest BCUT2D eigenvalue weighted by molar-refractivity contribution is 0.371. The molecular weight excluding hydrogens is 264 g/mol. The summed E-state index contributed by atoms with van der Waals surface area (Å²) in [7, 11) is 0. The van der Waals surface area contributed by atoms with Gasteiger partial charge in [0.05, 0.1) is 0 Å². The van der Waals surface area contributed by atoms with Crippen molar-refractivity contribution in [1.29, 1.82) is 0 Å². The fraction of sp³-hybridized carbons (Fsp3) is 0.545. The van der Waals surface area contributed by atoms with E-state index in [1.165, 1.54) is 24.8 Å². The van der Waals surface area contributed by atoms with Crippen LogP contribution in [0, 0.1) is 29.6 Å². The molecule has 0 aromatic heterocycles. The van der Waals surface area contributed by atoms with Crippen molar-refractivity contribution >= 4 is 0 Å². The average molecular weight is 294 g/mol. The summed E-state index contributed by atoms with van der Waals surface area (Å²) in [6.07, 6.45) is 14.3. The lowest BCUT2D eigenvalue weighted by Gasteiger charge is -2.24. The van der Waals surface area contributed by atoms with Gasteiger partial charge in [0.1, 0.15) is 0 Å². The van der Waals surface area contributed by atoms with Gasteiger partial charge in [0.15, 0.2) is 0 Å². The summed E-state index contributed by atoms with van der Waals surface area (Å²) in [6, 6.07) is 0. The Kier molecular flexibility index (Phi) is 4.30. The summed E-state index contributed by atoms with van der Waals surface area (Å²) in [6.45, 7) is 15.5. The summed E-state index contributed by atoms with van der Waals surface area (Å²) < 4.78 is 0. The number of hydrogen-bond acceptors (Lipinski definition) is 0. The summed E-state index contributed by atoms with van der Waals surface area (Å²) in [5.41, 5.74) is 6.15. The van der Waals surface area contributed by atoms with E-state index in [0.717, 1.165) is 24.2 Å². The Labute approximate surface area is 136 Å². The molecule has 0 heterocycles. The zero-order valence-electron chi connectivity index (χ0n) is 14.4. The van der Waals surface area contributed by atoms with Crippen LogP contribution in [0.3, 0.4) is 0 Å². The van der Waals surface area contributed by atoms with Gasteiger partial charge in [-0.1, -0.05) is 62.8 Å². The second-order valence-corrected chi connectivity index (χ2v) is 7.64. The van der Waals surface area contributed by atoms with Crippen molar-refractivity contribution < 1.29 is 0 Å². The molecule has 0 nitrogen and oxygen atoms in total. The van der Waals surface area contributed by atoms with Crippen LogP contribution in [0.2, 0.25) is 0 Å². The van der Waals surface area contributed by atoms with Crippen LogP contribution >= 0.6 is 0 Å². The molecule has 0 radical (unpaired) electrons. The first-order valence-electron chi connectivity index (χ1n) is 8.93. The molecule has 3 rings (SSSR count). The maximum absolute atomic E-state index is 4.27. The van der Waals surface area contributed by atoms with Crippen LogP contribution in [-0.2, 0) is 0 Å². The van der Waals surface area contributed by atoms with Crippen molar-refractivity contribution in [2.24, 2.45) is 29.6 Å². The third-order valence-electron chi connectivity index (χ3n) is 6.40. The number of hydrogen-bond donors (Lipinski definition) is 0. The van der Waals surface area contributed by atoms with Crippen LogP contribution in [0.15, 0.2) is 59.8 Å². The normalized spacial score (nSPS) is 38.6. The SMILES string of the molecule is C=C[C@H]1C[C@@H](C2=CC(=C3CC3)C(C)C(=C)C=CC2)C(C)C1C. The summed E-state index contributed by atoms with van der Waals surface area (Å²) in [4.78, 5) is 0. The molecule has 2 saturated carbocycles. The Bertz CT molecular complexity index is 563. The van der Waals surface area contributed by atoms with E-state index in [-0.39, 0.29) is 0 Å². The summed E-state index contributed by atoms with van der Waals surface area (Å²) in [5, 5.41) is 0. The number of rotatable bonds is 2. The zero-order chi connectivity index (χ0) is 15.9. The third kappa shape index (κ3) is 2.81. The molecule has 0 N–H and O–H groups in total. The van der Waals surface area contributed by atoms with Crippen molar-refractivity contribution in [3.63, 3.8) is 0 Å². The highest BCUT2D eigenvalue weighted by Gasteiger charge is 2.38. The molecular formula is C22H30. The van der Waals surface area contributed by atoms with Crippen molar-refractivity contribution in [3.05, 3.63) is 59.8 Å². The van der Waals surface area contributed by atoms with E-state index in [4.69, 9.17) is 0 Å². The van der Waals surface area contributed by atoms with E-state index in [2.05, 4.69) is 58.2 Å². The molecule has 0 amide bonds. The van der Waals surface area contributed by atoms with Crippen molar-refractivity contribution in [3.8, 4) is 0 Å². The van der Waals surface area contributed by atoms with Gasteiger partial charge in [-0.3, -0.25) is 0 Å². The standard InChI is InChI=1S/C22H30/c1-6-18-12-22(17(5)16(18)4)20-9-7-8-14(2)15(3)21(13-20)19-10-11-19/h6-8,13,15-18,22H,1-2,9-12H2,3-5H3/t15?,16?,17?,18-,22+/m0/s1.